The highest BCUT2D eigenvalue weighted by Crippen LogP contribution is 2.35. The second-order valence-corrected chi connectivity index (χ2v) is 9.33. The first-order chi connectivity index (χ1) is 11.9. The summed E-state index contributed by atoms with van der Waals surface area (Å²) in [6, 6.07) is 4.37. The van der Waals surface area contributed by atoms with Crippen molar-refractivity contribution in [3.05, 3.63) is 29.6 Å². The molecule has 1 atom stereocenters. The zero-order valence-corrected chi connectivity index (χ0v) is 16.8. The molecule has 0 amide bonds. The van der Waals surface area contributed by atoms with Gasteiger partial charge in [0.2, 0.25) is 5.95 Å². The number of anilines is 1. The van der Waals surface area contributed by atoms with Crippen molar-refractivity contribution >= 4 is 38.4 Å². The predicted molar refractivity (Wildman–Crippen MR) is 106 cm³/mol. The summed E-state index contributed by atoms with van der Waals surface area (Å²) in [5.41, 5.74) is 4.75. The Hall–Kier alpha value is -1.69. The Balaban J connectivity index is 1.94. The summed E-state index contributed by atoms with van der Waals surface area (Å²) in [5, 5.41) is 9.65. The number of fused-ring (bicyclic) bond motifs is 3. The molecule has 0 N–H and O–H groups in total. The van der Waals surface area contributed by atoms with Crippen LogP contribution in [0.1, 0.15) is 49.6 Å². The van der Waals surface area contributed by atoms with Gasteiger partial charge in [-0.1, -0.05) is 35.8 Å². The molecular formula is C19H24BrN5. The molecule has 1 aromatic carbocycles. The summed E-state index contributed by atoms with van der Waals surface area (Å²) in [7, 11) is 0. The van der Waals surface area contributed by atoms with Crippen LogP contribution in [0.2, 0.25) is 0 Å². The summed E-state index contributed by atoms with van der Waals surface area (Å²) in [6.07, 6.45) is 4.13. The number of aromatic nitrogens is 4. The largest absolute Gasteiger partial charge is 0.342 e. The monoisotopic (exact) mass is 401 g/mol. The van der Waals surface area contributed by atoms with Crippen molar-refractivity contribution in [3.63, 3.8) is 0 Å². The molecule has 3 aromatic rings. The minimum absolute atomic E-state index is 0.237. The molecule has 1 saturated heterocycles. The lowest BCUT2D eigenvalue weighted by Crippen LogP contribution is -2.38. The SMILES string of the molecule is Cc1cc(C(C)Br)c2nc(N3CCC(C)(C)CC3)n3cnnc3c2c1. The Morgan fingerprint density at radius 3 is 2.60 bits per heavy atom. The highest BCUT2D eigenvalue weighted by molar-refractivity contribution is 9.09. The van der Waals surface area contributed by atoms with Crippen LogP contribution in [-0.2, 0) is 0 Å². The quantitative estimate of drug-likeness (QED) is 0.585. The maximum absolute atomic E-state index is 5.09. The third kappa shape index (κ3) is 2.90. The number of aryl methyl sites for hydroxylation is 1. The van der Waals surface area contributed by atoms with E-state index in [9.17, 15) is 0 Å². The average molecular weight is 402 g/mol. The van der Waals surface area contributed by atoms with Crippen LogP contribution in [0.4, 0.5) is 5.95 Å². The van der Waals surface area contributed by atoms with Gasteiger partial charge in [0.1, 0.15) is 6.33 Å². The lowest BCUT2D eigenvalue weighted by molar-refractivity contribution is 0.278. The van der Waals surface area contributed by atoms with Gasteiger partial charge in [0.05, 0.1) is 5.52 Å². The first-order valence-electron chi connectivity index (χ1n) is 8.89. The van der Waals surface area contributed by atoms with Gasteiger partial charge in [0, 0.05) is 23.3 Å². The molecule has 132 valence electrons. The van der Waals surface area contributed by atoms with Crippen LogP contribution < -0.4 is 4.90 Å². The maximum atomic E-state index is 5.09. The minimum Gasteiger partial charge on any atom is -0.342 e. The van der Waals surface area contributed by atoms with Gasteiger partial charge in [-0.15, -0.1) is 10.2 Å². The number of nitrogens with zero attached hydrogens (tertiary/aromatic N) is 5. The normalized spacial score (nSPS) is 18.8. The zero-order chi connectivity index (χ0) is 17.8. The van der Waals surface area contributed by atoms with E-state index in [1.54, 1.807) is 6.33 Å². The number of rotatable bonds is 2. The summed E-state index contributed by atoms with van der Waals surface area (Å²) >= 11 is 3.73. The number of hydrogen-bond donors (Lipinski definition) is 0. The van der Waals surface area contributed by atoms with Crippen molar-refractivity contribution in [1.29, 1.82) is 0 Å². The molecule has 1 aliphatic heterocycles. The van der Waals surface area contributed by atoms with Crippen LogP contribution in [0, 0.1) is 12.3 Å². The fraction of sp³-hybridized carbons (Fsp3) is 0.526. The number of halogens is 1. The Kier molecular flexibility index (Phi) is 3.98. The molecule has 4 rings (SSSR count). The highest BCUT2D eigenvalue weighted by Gasteiger charge is 2.28. The minimum atomic E-state index is 0.237. The van der Waals surface area contributed by atoms with Crippen LogP contribution in [0.5, 0.6) is 0 Å². The van der Waals surface area contributed by atoms with Gasteiger partial charge in [-0.3, -0.25) is 4.40 Å². The second kappa shape index (κ2) is 5.94. The Bertz CT molecular complexity index is 934. The van der Waals surface area contributed by atoms with Crippen molar-refractivity contribution in [3.8, 4) is 0 Å². The molecule has 3 heterocycles. The summed E-state index contributed by atoms with van der Waals surface area (Å²) in [6.45, 7) is 11.0. The fourth-order valence-corrected chi connectivity index (χ4v) is 4.01. The van der Waals surface area contributed by atoms with Crippen molar-refractivity contribution < 1.29 is 0 Å². The van der Waals surface area contributed by atoms with E-state index in [0.29, 0.717) is 5.41 Å². The van der Waals surface area contributed by atoms with E-state index in [1.807, 2.05) is 4.40 Å². The average Bonchev–Trinajstić information content (AvgIpc) is 3.03. The van der Waals surface area contributed by atoms with Crippen LogP contribution in [0.25, 0.3) is 16.6 Å². The van der Waals surface area contributed by atoms with Gasteiger partial charge < -0.3 is 4.90 Å². The van der Waals surface area contributed by atoms with E-state index >= 15 is 0 Å². The molecule has 6 heteroatoms. The van der Waals surface area contributed by atoms with Crippen molar-refractivity contribution in [2.24, 2.45) is 5.41 Å². The Labute approximate surface area is 156 Å². The van der Waals surface area contributed by atoms with Crippen molar-refractivity contribution in [2.75, 3.05) is 18.0 Å². The van der Waals surface area contributed by atoms with Crippen LogP contribution >= 0.6 is 15.9 Å². The standard InChI is InChI=1S/C19H24BrN5/c1-12-9-14(13(2)20)16-15(10-12)17-23-21-11-25(17)18(22-16)24-7-5-19(3,4)6-8-24/h9-11,13H,5-8H2,1-4H3. The van der Waals surface area contributed by atoms with E-state index in [2.05, 4.69) is 70.9 Å². The molecular weight excluding hydrogens is 378 g/mol. The van der Waals surface area contributed by atoms with Crippen LogP contribution in [0.3, 0.4) is 0 Å². The molecule has 25 heavy (non-hydrogen) atoms. The first kappa shape index (κ1) is 16.8. The molecule has 0 saturated carbocycles. The van der Waals surface area contributed by atoms with E-state index in [4.69, 9.17) is 4.98 Å². The summed E-state index contributed by atoms with van der Waals surface area (Å²) in [4.78, 5) is 7.70. The van der Waals surface area contributed by atoms with Crippen molar-refractivity contribution in [2.45, 2.75) is 45.4 Å². The third-order valence-corrected chi connectivity index (χ3v) is 5.82. The zero-order valence-electron chi connectivity index (χ0n) is 15.3. The van der Waals surface area contributed by atoms with Gasteiger partial charge in [0.25, 0.3) is 0 Å². The molecule has 0 aliphatic carbocycles. The first-order valence-corrected chi connectivity index (χ1v) is 9.80. The molecule has 5 nitrogen and oxygen atoms in total. The number of alkyl halides is 1. The topological polar surface area (TPSA) is 46.3 Å². The molecule has 2 aromatic heterocycles. The van der Waals surface area contributed by atoms with Gasteiger partial charge in [-0.25, -0.2) is 4.98 Å². The Morgan fingerprint density at radius 1 is 1.20 bits per heavy atom. The van der Waals surface area contributed by atoms with E-state index in [1.165, 1.54) is 24.0 Å². The van der Waals surface area contributed by atoms with Gasteiger partial charge in [-0.2, -0.15) is 0 Å². The molecule has 0 radical (unpaired) electrons. The number of benzene rings is 1. The second-order valence-electron chi connectivity index (χ2n) is 7.95. The number of piperidine rings is 1. The predicted octanol–water partition coefficient (Wildman–Crippen LogP) is 4.67. The van der Waals surface area contributed by atoms with E-state index in [-0.39, 0.29) is 4.83 Å². The van der Waals surface area contributed by atoms with Crippen LogP contribution in [0.15, 0.2) is 18.5 Å². The molecule has 0 spiro atoms. The summed E-state index contributed by atoms with van der Waals surface area (Å²) < 4.78 is 2.04. The molecule has 0 bridgehead atoms. The lowest BCUT2D eigenvalue weighted by atomic mass is 9.83. The van der Waals surface area contributed by atoms with Gasteiger partial charge >= 0.3 is 0 Å². The maximum Gasteiger partial charge on any atom is 0.213 e. The smallest absolute Gasteiger partial charge is 0.213 e. The van der Waals surface area contributed by atoms with E-state index < -0.39 is 0 Å². The molecule has 1 aliphatic rings. The van der Waals surface area contributed by atoms with Crippen LogP contribution in [-0.4, -0.2) is 32.7 Å². The third-order valence-electron chi connectivity index (χ3n) is 5.33. The van der Waals surface area contributed by atoms with Gasteiger partial charge in [0.15, 0.2) is 5.65 Å². The van der Waals surface area contributed by atoms with E-state index in [0.717, 1.165) is 35.6 Å². The van der Waals surface area contributed by atoms with Gasteiger partial charge in [-0.05, 0) is 49.3 Å². The molecule has 1 unspecified atom stereocenters. The fourth-order valence-electron chi connectivity index (χ4n) is 3.66. The van der Waals surface area contributed by atoms with Crippen molar-refractivity contribution in [1.82, 2.24) is 19.6 Å². The summed E-state index contributed by atoms with van der Waals surface area (Å²) in [5.74, 6) is 0.959. The Morgan fingerprint density at radius 2 is 1.92 bits per heavy atom. The lowest BCUT2D eigenvalue weighted by Gasteiger charge is -2.37. The number of hydrogen-bond acceptors (Lipinski definition) is 4. The molecule has 1 fully saturated rings. The highest BCUT2D eigenvalue weighted by atomic mass is 79.9.